The Bertz CT molecular complexity index is 982. The maximum atomic E-state index is 12.5. The molecule has 3 aromatic heterocycles. The van der Waals surface area contributed by atoms with Crippen molar-refractivity contribution < 1.29 is 4.92 Å². The molecule has 24 heavy (non-hydrogen) atoms. The fourth-order valence-electron chi connectivity index (χ4n) is 2.60. The number of hydrogen-bond acceptors (Lipinski definition) is 6. The minimum atomic E-state index is -0.663. The molecule has 0 atom stereocenters. The second-order valence-electron chi connectivity index (χ2n) is 5.36. The predicted molar refractivity (Wildman–Crippen MR) is 88.7 cm³/mol. The van der Waals surface area contributed by atoms with Crippen LogP contribution in [0.3, 0.4) is 0 Å². The summed E-state index contributed by atoms with van der Waals surface area (Å²) in [5.41, 5.74) is 0.487. The topological polar surface area (TPSA) is 104 Å². The second-order valence-corrected chi connectivity index (χ2v) is 5.36. The van der Waals surface area contributed by atoms with Gasteiger partial charge in [-0.2, -0.15) is 0 Å². The van der Waals surface area contributed by atoms with E-state index in [4.69, 9.17) is 0 Å². The first-order valence-corrected chi connectivity index (χ1v) is 7.49. The zero-order valence-electron chi connectivity index (χ0n) is 13.3. The Morgan fingerprint density at radius 2 is 1.96 bits per heavy atom. The number of fused-ring (bicyclic) bond motifs is 1. The van der Waals surface area contributed by atoms with E-state index in [9.17, 15) is 14.9 Å². The Morgan fingerprint density at radius 3 is 2.58 bits per heavy atom. The van der Waals surface area contributed by atoms with Gasteiger partial charge in [-0.25, -0.2) is 9.97 Å². The molecule has 0 aliphatic heterocycles. The first kappa shape index (κ1) is 15.7. The molecule has 0 amide bonds. The molecule has 8 nitrogen and oxygen atoms in total. The number of rotatable bonds is 4. The molecule has 3 aromatic rings. The average Bonchev–Trinajstić information content (AvgIpc) is 2.57. The summed E-state index contributed by atoms with van der Waals surface area (Å²) in [7, 11) is 0. The SMILES string of the molecule is CCCn1cc([N+](=O)[O-])c(=O)c2c(C)nc(-c3ccncc3)nc21. The van der Waals surface area contributed by atoms with Crippen LogP contribution in [0, 0.1) is 17.0 Å². The van der Waals surface area contributed by atoms with Crippen LogP contribution in [0.15, 0.2) is 35.5 Å². The molecular formula is C16H15N5O3. The van der Waals surface area contributed by atoms with Gasteiger partial charge in [0.2, 0.25) is 0 Å². The number of nitrogens with zero attached hydrogens (tertiary/aromatic N) is 5. The van der Waals surface area contributed by atoms with Crippen molar-refractivity contribution in [1.82, 2.24) is 19.5 Å². The molecule has 0 bridgehead atoms. The molecule has 122 valence electrons. The van der Waals surface area contributed by atoms with Gasteiger partial charge >= 0.3 is 5.69 Å². The lowest BCUT2D eigenvalue weighted by atomic mass is 10.2. The minimum absolute atomic E-state index is 0.190. The van der Waals surface area contributed by atoms with Crippen LogP contribution in [0.1, 0.15) is 19.0 Å². The van der Waals surface area contributed by atoms with E-state index >= 15 is 0 Å². The molecule has 0 aliphatic rings. The molecule has 0 saturated carbocycles. The van der Waals surface area contributed by atoms with E-state index in [0.29, 0.717) is 23.7 Å². The summed E-state index contributed by atoms with van der Waals surface area (Å²) in [5, 5.41) is 11.4. The Hall–Kier alpha value is -3.16. The maximum Gasteiger partial charge on any atom is 0.333 e. The van der Waals surface area contributed by atoms with E-state index in [2.05, 4.69) is 15.0 Å². The van der Waals surface area contributed by atoms with Crippen molar-refractivity contribution in [3.63, 3.8) is 0 Å². The van der Waals surface area contributed by atoms with E-state index in [0.717, 1.165) is 12.0 Å². The number of hydrogen-bond donors (Lipinski definition) is 0. The molecule has 3 rings (SSSR count). The summed E-state index contributed by atoms with van der Waals surface area (Å²) >= 11 is 0. The van der Waals surface area contributed by atoms with Gasteiger partial charge in [0.05, 0.1) is 22.2 Å². The number of nitro groups is 1. The molecule has 0 N–H and O–H groups in total. The van der Waals surface area contributed by atoms with E-state index in [1.54, 1.807) is 36.0 Å². The molecule has 3 heterocycles. The van der Waals surface area contributed by atoms with Crippen LogP contribution in [-0.4, -0.2) is 24.4 Å². The Morgan fingerprint density at radius 1 is 1.25 bits per heavy atom. The van der Waals surface area contributed by atoms with Gasteiger partial charge in [0.1, 0.15) is 5.65 Å². The summed E-state index contributed by atoms with van der Waals surface area (Å²) < 4.78 is 1.65. The van der Waals surface area contributed by atoms with Gasteiger partial charge in [0.25, 0.3) is 5.43 Å². The number of pyridine rings is 2. The Balaban J connectivity index is 2.38. The van der Waals surface area contributed by atoms with Crippen LogP contribution in [0.2, 0.25) is 0 Å². The predicted octanol–water partition coefficient (Wildman–Crippen LogP) is 2.48. The van der Waals surface area contributed by atoms with Gasteiger partial charge in [-0.1, -0.05) is 6.92 Å². The summed E-state index contributed by atoms with van der Waals surface area (Å²) in [6.45, 7) is 4.13. The standard InChI is InChI=1S/C16H15N5O3/c1-3-8-20-9-12(21(23)24)14(22)13-10(2)18-15(19-16(13)20)11-4-6-17-7-5-11/h4-7,9H,3,8H2,1-2H3. The van der Waals surface area contributed by atoms with Crippen molar-refractivity contribution in [3.05, 3.63) is 56.8 Å². The van der Waals surface area contributed by atoms with Crippen molar-refractivity contribution in [3.8, 4) is 11.4 Å². The summed E-state index contributed by atoms with van der Waals surface area (Å²) in [6, 6.07) is 3.54. The average molecular weight is 325 g/mol. The van der Waals surface area contributed by atoms with Gasteiger partial charge in [-0.15, -0.1) is 0 Å². The van der Waals surface area contributed by atoms with E-state index < -0.39 is 16.0 Å². The van der Waals surface area contributed by atoms with Crippen LogP contribution < -0.4 is 5.43 Å². The van der Waals surface area contributed by atoms with Crippen molar-refractivity contribution in [1.29, 1.82) is 0 Å². The van der Waals surface area contributed by atoms with E-state index in [1.807, 2.05) is 6.92 Å². The molecule has 0 aliphatic carbocycles. The van der Waals surface area contributed by atoms with E-state index in [1.165, 1.54) is 6.20 Å². The largest absolute Gasteiger partial charge is 0.333 e. The highest BCUT2D eigenvalue weighted by molar-refractivity contribution is 5.81. The molecule has 0 radical (unpaired) electrons. The molecule has 0 saturated heterocycles. The quantitative estimate of drug-likeness (QED) is 0.539. The second kappa shape index (κ2) is 6.15. The van der Waals surface area contributed by atoms with Crippen molar-refractivity contribution in [2.24, 2.45) is 0 Å². The third-order valence-electron chi connectivity index (χ3n) is 3.68. The van der Waals surface area contributed by atoms with Crippen LogP contribution >= 0.6 is 0 Å². The molecule has 0 aromatic carbocycles. The molecule has 0 unspecified atom stereocenters. The molecule has 0 fully saturated rings. The first-order valence-electron chi connectivity index (χ1n) is 7.49. The zero-order valence-corrected chi connectivity index (χ0v) is 13.3. The smallest absolute Gasteiger partial charge is 0.326 e. The highest BCUT2D eigenvalue weighted by Crippen LogP contribution is 2.21. The van der Waals surface area contributed by atoms with Gasteiger partial charge in [-0.05, 0) is 25.5 Å². The summed E-state index contributed by atoms with van der Waals surface area (Å²) in [6.07, 6.45) is 5.28. The van der Waals surface area contributed by atoms with Crippen molar-refractivity contribution in [2.45, 2.75) is 26.8 Å². The molecular weight excluding hydrogens is 310 g/mol. The van der Waals surface area contributed by atoms with Gasteiger partial charge in [0, 0.05) is 24.5 Å². The van der Waals surface area contributed by atoms with Crippen molar-refractivity contribution in [2.75, 3.05) is 0 Å². The van der Waals surface area contributed by atoms with Crippen LogP contribution in [0.25, 0.3) is 22.4 Å². The van der Waals surface area contributed by atoms with Crippen LogP contribution in [0.4, 0.5) is 5.69 Å². The van der Waals surface area contributed by atoms with Gasteiger partial charge in [0.15, 0.2) is 5.82 Å². The zero-order chi connectivity index (χ0) is 17.3. The lowest BCUT2D eigenvalue weighted by molar-refractivity contribution is -0.386. The number of aromatic nitrogens is 4. The van der Waals surface area contributed by atoms with Crippen LogP contribution in [-0.2, 0) is 6.54 Å². The number of aryl methyl sites for hydroxylation is 2. The summed E-state index contributed by atoms with van der Waals surface area (Å²) in [4.78, 5) is 35.8. The third kappa shape index (κ3) is 2.62. The fraction of sp³-hybridized carbons (Fsp3) is 0.250. The lowest BCUT2D eigenvalue weighted by Gasteiger charge is -2.11. The highest BCUT2D eigenvalue weighted by atomic mass is 16.6. The maximum absolute atomic E-state index is 12.5. The summed E-state index contributed by atoms with van der Waals surface area (Å²) in [5.74, 6) is 0.459. The first-order chi connectivity index (χ1) is 11.5. The van der Waals surface area contributed by atoms with E-state index in [-0.39, 0.29) is 5.39 Å². The molecule has 8 heteroatoms. The van der Waals surface area contributed by atoms with Gasteiger partial charge in [-0.3, -0.25) is 19.9 Å². The monoisotopic (exact) mass is 325 g/mol. The normalized spacial score (nSPS) is 10.9. The van der Waals surface area contributed by atoms with Crippen molar-refractivity contribution >= 4 is 16.7 Å². The van der Waals surface area contributed by atoms with Crippen LogP contribution in [0.5, 0.6) is 0 Å². The lowest BCUT2D eigenvalue weighted by Crippen LogP contribution is -2.17. The fourth-order valence-corrected chi connectivity index (χ4v) is 2.60. The Kier molecular flexibility index (Phi) is 4.03. The Labute approximate surface area is 137 Å². The highest BCUT2D eigenvalue weighted by Gasteiger charge is 2.21. The third-order valence-corrected chi connectivity index (χ3v) is 3.68. The molecule has 0 spiro atoms. The van der Waals surface area contributed by atoms with Gasteiger partial charge < -0.3 is 4.57 Å². The minimum Gasteiger partial charge on any atom is -0.326 e.